The number of benzene rings is 2. The lowest BCUT2D eigenvalue weighted by Crippen LogP contribution is -2.42. The van der Waals surface area contributed by atoms with Crippen molar-refractivity contribution in [2.45, 2.75) is 52.3 Å². The standard InChI is InChI=1S/C25H31N5O4.ClH/c1-15-5-7-17(8-6-15)24-27-16(2)30(29-24)10-9-25(3,4)26-13-21(32)19-11-18(31)12-20-23(19)34-14-22(33)28-20;/h5-8,11-12,21,26,31-32H,9-10,13-14H2,1-4H3,(H,28,33);1H. The summed E-state index contributed by atoms with van der Waals surface area (Å²) in [5.74, 6) is 1.58. The summed E-state index contributed by atoms with van der Waals surface area (Å²) in [6, 6.07) is 11.0. The number of aliphatic hydroxyl groups excluding tert-OH is 1. The molecular weight excluding hydrogens is 470 g/mol. The first-order chi connectivity index (χ1) is 16.1. The van der Waals surface area contributed by atoms with Gasteiger partial charge >= 0.3 is 0 Å². The first kappa shape index (κ1) is 26.5. The molecule has 2 aromatic carbocycles. The summed E-state index contributed by atoms with van der Waals surface area (Å²) in [7, 11) is 0. The number of phenolic OH excluding ortho intramolecular Hbond substituents is 1. The molecule has 0 saturated heterocycles. The second-order valence-corrected chi connectivity index (χ2v) is 9.35. The third-order valence-electron chi connectivity index (χ3n) is 5.97. The number of carbonyl (C=O) groups is 1. The first-order valence-corrected chi connectivity index (χ1v) is 11.3. The van der Waals surface area contributed by atoms with Crippen LogP contribution in [-0.4, -0.2) is 49.6 Å². The van der Waals surface area contributed by atoms with Crippen LogP contribution in [0.15, 0.2) is 36.4 Å². The van der Waals surface area contributed by atoms with Crippen LogP contribution >= 0.6 is 12.4 Å². The van der Waals surface area contributed by atoms with E-state index in [1.165, 1.54) is 17.7 Å². The van der Waals surface area contributed by atoms with E-state index in [4.69, 9.17) is 4.74 Å². The van der Waals surface area contributed by atoms with Crippen molar-refractivity contribution in [2.24, 2.45) is 0 Å². The predicted octanol–water partition coefficient (Wildman–Crippen LogP) is 3.51. The van der Waals surface area contributed by atoms with Crippen molar-refractivity contribution in [3.8, 4) is 22.9 Å². The van der Waals surface area contributed by atoms with Gasteiger partial charge in [0.25, 0.3) is 5.91 Å². The molecule has 9 nitrogen and oxygen atoms in total. The molecule has 1 unspecified atom stereocenters. The first-order valence-electron chi connectivity index (χ1n) is 11.3. The highest BCUT2D eigenvalue weighted by molar-refractivity contribution is 5.96. The number of fused-ring (bicyclic) bond motifs is 1. The Bertz CT molecular complexity index is 1190. The third kappa shape index (κ3) is 6.30. The summed E-state index contributed by atoms with van der Waals surface area (Å²) in [4.78, 5) is 16.2. The Hall–Kier alpha value is -3.14. The molecule has 0 saturated carbocycles. The zero-order valence-corrected chi connectivity index (χ0v) is 21.1. The van der Waals surface area contributed by atoms with Crippen LogP contribution < -0.4 is 15.4 Å². The number of hydrogen-bond donors (Lipinski definition) is 4. The zero-order valence-electron chi connectivity index (χ0n) is 20.3. The topological polar surface area (TPSA) is 122 Å². The summed E-state index contributed by atoms with van der Waals surface area (Å²) in [6.45, 7) is 8.88. The van der Waals surface area contributed by atoms with Crippen LogP contribution in [0.3, 0.4) is 0 Å². The van der Waals surface area contributed by atoms with Gasteiger partial charge in [-0.3, -0.25) is 4.79 Å². The molecule has 0 bridgehead atoms. The summed E-state index contributed by atoms with van der Waals surface area (Å²) in [5, 5.41) is 31.5. The predicted molar refractivity (Wildman–Crippen MR) is 136 cm³/mol. The number of amides is 1. The second kappa shape index (κ2) is 10.6. The minimum atomic E-state index is -0.934. The van der Waals surface area contributed by atoms with E-state index in [0.29, 0.717) is 29.4 Å². The van der Waals surface area contributed by atoms with E-state index < -0.39 is 6.10 Å². The SMILES string of the molecule is Cc1ccc(-c2nc(C)n(CCC(C)(C)NCC(O)c3cc(O)cc4c3OCC(=O)N4)n2)cc1.Cl. The number of carbonyl (C=O) groups excluding carboxylic acids is 1. The van der Waals surface area contributed by atoms with Crippen LogP contribution in [-0.2, 0) is 11.3 Å². The molecule has 10 heteroatoms. The number of anilines is 1. The second-order valence-electron chi connectivity index (χ2n) is 9.35. The van der Waals surface area contributed by atoms with E-state index in [9.17, 15) is 15.0 Å². The molecule has 1 atom stereocenters. The number of aliphatic hydroxyl groups is 1. The van der Waals surface area contributed by atoms with Gasteiger partial charge in [0.1, 0.15) is 17.3 Å². The molecule has 0 aliphatic carbocycles. The van der Waals surface area contributed by atoms with E-state index in [1.54, 1.807) is 0 Å². The van der Waals surface area contributed by atoms with Gasteiger partial charge in [0.2, 0.25) is 0 Å². The minimum Gasteiger partial charge on any atom is -0.508 e. The van der Waals surface area contributed by atoms with Crippen molar-refractivity contribution in [1.29, 1.82) is 0 Å². The van der Waals surface area contributed by atoms with E-state index in [0.717, 1.165) is 17.8 Å². The normalized spacial score (nSPS) is 13.9. The van der Waals surface area contributed by atoms with Gasteiger partial charge in [-0.05, 0) is 40.2 Å². The Morgan fingerprint density at radius 3 is 2.66 bits per heavy atom. The lowest BCUT2D eigenvalue weighted by Gasteiger charge is -2.29. The fourth-order valence-corrected chi connectivity index (χ4v) is 3.87. The lowest BCUT2D eigenvalue weighted by atomic mass is 9.99. The lowest BCUT2D eigenvalue weighted by molar-refractivity contribution is -0.118. The van der Waals surface area contributed by atoms with Crippen molar-refractivity contribution in [3.63, 3.8) is 0 Å². The van der Waals surface area contributed by atoms with Gasteiger partial charge in [0.05, 0.1) is 11.8 Å². The van der Waals surface area contributed by atoms with Crippen LogP contribution in [0.5, 0.6) is 11.5 Å². The van der Waals surface area contributed by atoms with E-state index in [1.807, 2.05) is 42.8 Å². The minimum absolute atomic E-state index is 0. The van der Waals surface area contributed by atoms with E-state index >= 15 is 0 Å². The summed E-state index contributed by atoms with van der Waals surface area (Å²) >= 11 is 0. The van der Waals surface area contributed by atoms with Crippen LogP contribution in [0, 0.1) is 13.8 Å². The number of aromatic hydroxyl groups is 1. The average Bonchev–Trinajstić information content (AvgIpc) is 3.16. The van der Waals surface area contributed by atoms with Gasteiger partial charge in [-0.2, -0.15) is 5.10 Å². The molecule has 1 aliphatic heterocycles. The maximum atomic E-state index is 11.6. The monoisotopic (exact) mass is 501 g/mol. The van der Waals surface area contributed by atoms with Gasteiger partial charge in [0.15, 0.2) is 12.4 Å². The molecule has 188 valence electrons. The Balaban J connectivity index is 0.00000342. The smallest absolute Gasteiger partial charge is 0.262 e. The molecule has 0 fully saturated rings. The largest absolute Gasteiger partial charge is 0.508 e. The highest BCUT2D eigenvalue weighted by Crippen LogP contribution is 2.38. The van der Waals surface area contributed by atoms with Crippen molar-refractivity contribution in [2.75, 3.05) is 18.5 Å². The number of phenols is 1. The molecule has 4 rings (SSSR count). The molecule has 4 N–H and O–H groups in total. The van der Waals surface area contributed by atoms with Crippen LogP contribution in [0.25, 0.3) is 11.4 Å². The van der Waals surface area contributed by atoms with Gasteiger partial charge in [-0.1, -0.05) is 29.8 Å². The highest BCUT2D eigenvalue weighted by atomic mass is 35.5. The third-order valence-corrected chi connectivity index (χ3v) is 5.97. The van der Waals surface area contributed by atoms with Crippen molar-refractivity contribution >= 4 is 24.0 Å². The van der Waals surface area contributed by atoms with Crippen molar-refractivity contribution < 1.29 is 19.7 Å². The Kier molecular flexibility index (Phi) is 8.04. The fourth-order valence-electron chi connectivity index (χ4n) is 3.87. The Labute approximate surface area is 210 Å². The van der Waals surface area contributed by atoms with Crippen LogP contribution in [0.1, 0.15) is 43.3 Å². The number of aryl methyl sites for hydroxylation is 3. The molecule has 0 radical (unpaired) electrons. The van der Waals surface area contributed by atoms with Crippen molar-refractivity contribution in [3.05, 3.63) is 53.3 Å². The number of nitrogens with one attached hydrogen (secondary N) is 2. The average molecular weight is 502 g/mol. The van der Waals surface area contributed by atoms with Crippen LogP contribution in [0.4, 0.5) is 5.69 Å². The molecule has 35 heavy (non-hydrogen) atoms. The molecule has 1 amide bonds. The maximum Gasteiger partial charge on any atom is 0.262 e. The van der Waals surface area contributed by atoms with Gasteiger partial charge in [0, 0.05) is 35.8 Å². The van der Waals surface area contributed by atoms with E-state index in [-0.39, 0.29) is 42.8 Å². The number of β-amino-alcohol motifs (C(OH)–C–C–N with tert-alkyl or cyclic N) is 1. The highest BCUT2D eigenvalue weighted by Gasteiger charge is 2.26. The molecular formula is C25H32ClN5O4. The molecule has 3 aromatic rings. The number of aromatic nitrogens is 3. The van der Waals surface area contributed by atoms with Crippen LogP contribution in [0.2, 0.25) is 0 Å². The molecule has 2 heterocycles. The van der Waals surface area contributed by atoms with Crippen molar-refractivity contribution in [1.82, 2.24) is 20.1 Å². The number of rotatable bonds is 8. The fraction of sp³-hybridized carbons (Fsp3) is 0.400. The molecule has 1 aromatic heterocycles. The number of hydrogen-bond acceptors (Lipinski definition) is 7. The van der Waals surface area contributed by atoms with Gasteiger partial charge < -0.3 is 25.6 Å². The molecule has 1 aliphatic rings. The maximum absolute atomic E-state index is 11.6. The zero-order chi connectivity index (χ0) is 24.5. The quantitative estimate of drug-likeness (QED) is 0.372. The number of nitrogens with zero attached hydrogens (tertiary/aromatic N) is 3. The van der Waals surface area contributed by atoms with Gasteiger partial charge in [-0.15, -0.1) is 12.4 Å². The van der Waals surface area contributed by atoms with Gasteiger partial charge in [-0.25, -0.2) is 9.67 Å². The summed E-state index contributed by atoms with van der Waals surface area (Å²) in [6.07, 6.45) is -0.182. The summed E-state index contributed by atoms with van der Waals surface area (Å²) in [5.41, 5.74) is 2.65. The number of ether oxygens (including phenoxy) is 1. The Morgan fingerprint density at radius 2 is 1.94 bits per heavy atom. The van der Waals surface area contributed by atoms with E-state index in [2.05, 4.69) is 34.6 Å². The number of halogens is 1. The molecule has 0 spiro atoms. The summed E-state index contributed by atoms with van der Waals surface area (Å²) < 4.78 is 7.41. The Morgan fingerprint density at radius 1 is 1.23 bits per heavy atom.